The van der Waals surface area contributed by atoms with E-state index in [0.29, 0.717) is 47.7 Å². The topological polar surface area (TPSA) is 68.5 Å². The molecule has 0 aliphatic carbocycles. The number of likely N-dealkylation sites (tertiary alicyclic amines) is 1. The van der Waals surface area contributed by atoms with Crippen LogP contribution in [0.1, 0.15) is 30.7 Å². The van der Waals surface area contributed by atoms with Crippen molar-refractivity contribution in [1.29, 1.82) is 0 Å². The number of aromatic nitrogens is 2. The third-order valence-electron chi connectivity index (χ3n) is 4.81. The van der Waals surface area contributed by atoms with Crippen LogP contribution in [0.2, 0.25) is 5.02 Å². The van der Waals surface area contributed by atoms with Crippen LogP contribution in [0.3, 0.4) is 0 Å². The van der Waals surface area contributed by atoms with E-state index in [1.807, 2.05) is 31.2 Å². The number of hydrogen-bond acceptors (Lipinski definition) is 5. The first-order valence-electron chi connectivity index (χ1n) is 9.32. The second kappa shape index (κ2) is 8.21. The lowest BCUT2D eigenvalue weighted by atomic mass is 10.1. The molecule has 6 nitrogen and oxygen atoms in total. The lowest BCUT2D eigenvalue weighted by molar-refractivity contribution is -0.128. The summed E-state index contributed by atoms with van der Waals surface area (Å²) in [5.41, 5.74) is 1.43. The van der Waals surface area contributed by atoms with E-state index in [1.165, 1.54) is 12.1 Å². The van der Waals surface area contributed by atoms with E-state index in [1.54, 1.807) is 11.0 Å². The maximum atomic E-state index is 13.2. The van der Waals surface area contributed by atoms with Crippen molar-refractivity contribution < 1.29 is 18.4 Å². The molecule has 8 heteroatoms. The van der Waals surface area contributed by atoms with Crippen molar-refractivity contribution >= 4 is 17.5 Å². The normalized spacial score (nSPS) is 16.4. The Labute approximate surface area is 172 Å². The van der Waals surface area contributed by atoms with Gasteiger partial charge in [0.1, 0.15) is 11.6 Å². The van der Waals surface area contributed by atoms with Gasteiger partial charge in [0.25, 0.3) is 0 Å². The van der Waals surface area contributed by atoms with E-state index in [0.717, 1.165) is 5.56 Å². The van der Waals surface area contributed by atoms with Crippen LogP contribution in [0.4, 0.5) is 4.39 Å². The number of hydrogen-bond donors (Lipinski definition) is 0. The minimum absolute atomic E-state index is 0.0372. The van der Waals surface area contributed by atoms with Crippen LogP contribution in [0.25, 0.3) is 11.4 Å². The zero-order chi connectivity index (χ0) is 20.4. The summed E-state index contributed by atoms with van der Waals surface area (Å²) in [6.45, 7) is 3.17. The summed E-state index contributed by atoms with van der Waals surface area (Å²) in [5, 5.41) is 4.37. The van der Waals surface area contributed by atoms with Gasteiger partial charge < -0.3 is 14.2 Å². The molecule has 1 amide bonds. The number of rotatable bonds is 6. The van der Waals surface area contributed by atoms with Gasteiger partial charge in [-0.25, -0.2) is 4.39 Å². The molecule has 1 atom stereocenters. The summed E-state index contributed by atoms with van der Waals surface area (Å²) in [7, 11) is 0. The van der Waals surface area contributed by atoms with Gasteiger partial charge in [0, 0.05) is 24.5 Å². The molecule has 3 aromatic rings. The molecule has 2 aromatic carbocycles. The highest BCUT2D eigenvalue weighted by atomic mass is 35.5. The highest BCUT2D eigenvalue weighted by Crippen LogP contribution is 2.33. The van der Waals surface area contributed by atoms with Crippen LogP contribution in [0.15, 0.2) is 47.0 Å². The second-order valence-electron chi connectivity index (χ2n) is 6.80. The Balaban J connectivity index is 1.50. The van der Waals surface area contributed by atoms with Gasteiger partial charge in [0.05, 0.1) is 18.1 Å². The lowest BCUT2D eigenvalue weighted by Gasteiger charge is -2.17. The van der Waals surface area contributed by atoms with Gasteiger partial charge >= 0.3 is 0 Å². The summed E-state index contributed by atoms with van der Waals surface area (Å²) in [4.78, 5) is 18.6. The van der Waals surface area contributed by atoms with Gasteiger partial charge in [0.15, 0.2) is 0 Å². The zero-order valence-corrected chi connectivity index (χ0v) is 16.5. The fourth-order valence-electron chi connectivity index (χ4n) is 3.39. The Morgan fingerprint density at radius 2 is 2.14 bits per heavy atom. The minimum atomic E-state index is -0.407. The monoisotopic (exact) mass is 415 g/mol. The SMILES string of the molecule is CCOc1ccccc1-c1noc(C2CC(=O)N(Cc3ccc(F)cc3Cl)C2)n1. The Kier molecular flexibility index (Phi) is 5.49. The maximum absolute atomic E-state index is 13.2. The second-order valence-corrected chi connectivity index (χ2v) is 7.20. The first-order valence-corrected chi connectivity index (χ1v) is 9.70. The first-order chi connectivity index (χ1) is 14.0. The third kappa shape index (κ3) is 4.10. The molecule has 0 bridgehead atoms. The smallest absolute Gasteiger partial charge is 0.232 e. The number of para-hydroxylation sites is 1. The lowest BCUT2D eigenvalue weighted by Crippen LogP contribution is -2.24. The molecule has 4 rings (SSSR count). The fraction of sp³-hybridized carbons (Fsp3) is 0.286. The first kappa shape index (κ1) is 19.4. The summed E-state index contributed by atoms with van der Waals surface area (Å²) >= 11 is 6.09. The molecule has 150 valence electrons. The summed E-state index contributed by atoms with van der Waals surface area (Å²) in [6, 6.07) is 11.6. The van der Waals surface area contributed by atoms with Gasteiger partial charge in [-0.15, -0.1) is 0 Å². The molecule has 2 heterocycles. The highest BCUT2D eigenvalue weighted by molar-refractivity contribution is 6.31. The Hall–Kier alpha value is -2.93. The van der Waals surface area contributed by atoms with Crippen molar-refractivity contribution in [2.75, 3.05) is 13.2 Å². The third-order valence-corrected chi connectivity index (χ3v) is 5.16. The molecular formula is C21H19ClFN3O3. The van der Waals surface area contributed by atoms with Crippen molar-refractivity contribution in [3.63, 3.8) is 0 Å². The molecule has 29 heavy (non-hydrogen) atoms. The van der Waals surface area contributed by atoms with E-state index in [2.05, 4.69) is 10.1 Å². The standard InChI is InChI=1S/C21H19ClFN3O3/c1-2-28-18-6-4-3-5-16(18)20-24-21(29-25-20)14-9-19(27)26(12-14)11-13-7-8-15(23)10-17(13)22/h3-8,10,14H,2,9,11-12H2,1H3. The summed E-state index contributed by atoms with van der Waals surface area (Å²) in [5.74, 6) is 0.864. The van der Waals surface area contributed by atoms with Crippen molar-refractivity contribution in [2.45, 2.75) is 25.8 Å². The molecule has 1 aliphatic rings. The molecule has 1 fully saturated rings. The Morgan fingerprint density at radius 3 is 2.93 bits per heavy atom. The van der Waals surface area contributed by atoms with Crippen molar-refractivity contribution in [3.05, 3.63) is 64.8 Å². The van der Waals surface area contributed by atoms with Crippen LogP contribution >= 0.6 is 11.6 Å². The van der Waals surface area contributed by atoms with E-state index in [-0.39, 0.29) is 18.2 Å². The van der Waals surface area contributed by atoms with E-state index in [9.17, 15) is 9.18 Å². The number of ether oxygens (including phenoxy) is 1. The van der Waals surface area contributed by atoms with Crippen molar-refractivity contribution in [1.82, 2.24) is 15.0 Å². The quantitative estimate of drug-likeness (QED) is 0.595. The minimum Gasteiger partial charge on any atom is -0.493 e. The average molecular weight is 416 g/mol. The van der Waals surface area contributed by atoms with Crippen LogP contribution in [0, 0.1) is 5.82 Å². The largest absolute Gasteiger partial charge is 0.493 e. The van der Waals surface area contributed by atoms with Crippen LogP contribution in [0.5, 0.6) is 5.75 Å². The van der Waals surface area contributed by atoms with Crippen LogP contribution in [-0.4, -0.2) is 34.1 Å². The molecule has 1 unspecified atom stereocenters. The molecule has 1 aliphatic heterocycles. The van der Waals surface area contributed by atoms with E-state index >= 15 is 0 Å². The molecular weight excluding hydrogens is 397 g/mol. The van der Waals surface area contributed by atoms with Crippen LogP contribution in [-0.2, 0) is 11.3 Å². The summed E-state index contributed by atoms with van der Waals surface area (Å²) < 4.78 is 24.3. The zero-order valence-electron chi connectivity index (χ0n) is 15.8. The number of halogens is 2. The fourth-order valence-corrected chi connectivity index (χ4v) is 3.62. The molecule has 0 radical (unpaired) electrons. The number of benzene rings is 2. The molecule has 0 N–H and O–H groups in total. The average Bonchev–Trinajstić information content (AvgIpc) is 3.32. The number of amides is 1. The summed E-state index contributed by atoms with van der Waals surface area (Å²) in [6.07, 6.45) is 0.271. The van der Waals surface area contributed by atoms with Gasteiger partial charge in [-0.05, 0) is 36.8 Å². The predicted molar refractivity (Wildman–Crippen MR) is 105 cm³/mol. The van der Waals surface area contributed by atoms with Crippen molar-refractivity contribution in [2.24, 2.45) is 0 Å². The number of nitrogens with zero attached hydrogens (tertiary/aromatic N) is 3. The van der Waals surface area contributed by atoms with E-state index < -0.39 is 5.82 Å². The Morgan fingerprint density at radius 1 is 1.31 bits per heavy atom. The van der Waals surface area contributed by atoms with Gasteiger partial charge in [-0.3, -0.25) is 4.79 Å². The predicted octanol–water partition coefficient (Wildman–Crippen LogP) is 4.44. The molecule has 1 saturated heterocycles. The molecule has 0 saturated carbocycles. The highest BCUT2D eigenvalue weighted by Gasteiger charge is 2.34. The van der Waals surface area contributed by atoms with E-state index in [4.69, 9.17) is 20.9 Å². The maximum Gasteiger partial charge on any atom is 0.232 e. The van der Waals surface area contributed by atoms with Gasteiger partial charge in [-0.2, -0.15) is 4.98 Å². The number of carbonyl (C=O) groups is 1. The molecule has 1 aromatic heterocycles. The Bertz CT molecular complexity index is 1040. The van der Waals surface area contributed by atoms with Gasteiger partial charge in [0.2, 0.25) is 17.6 Å². The van der Waals surface area contributed by atoms with Gasteiger partial charge in [-0.1, -0.05) is 35.0 Å². The van der Waals surface area contributed by atoms with Crippen molar-refractivity contribution in [3.8, 4) is 17.1 Å². The molecule has 0 spiro atoms. The number of carbonyl (C=O) groups excluding carboxylic acids is 1. The van der Waals surface area contributed by atoms with Crippen LogP contribution < -0.4 is 4.74 Å².